The van der Waals surface area contributed by atoms with Crippen molar-refractivity contribution in [3.8, 4) is 0 Å². The van der Waals surface area contributed by atoms with Gasteiger partial charge < -0.3 is 10.8 Å². The van der Waals surface area contributed by atoms with Gasteiger partial charge in [-0.2, -0.15) is 0 Å². The van der Waals surface area contributed by atoms with Crippen molar-refractivity contribution in [2.45, 2.75) is 44.8 Å². The van der Waals surface area contributed by atoms with Crippen LogP contribution in [0.3, 0.4) is 0 Å². The van der Waals surface area contributed by atoms with Crippen LogP contribution in [0, 0.1) is 5.92 Å². The second kappa shape index (κ2) is 6.90. The van der Waals surface area contributed by atoms with Gasteiger partial charge in [-0.25, -0.2) is 0 Å². The summed E-state index contributed by atoms with van der Waals surface area (Å²) in [6.07, 6.45) is 1.99. The minimum atomic E-state index is 0.0225. The van der Waals surface area contributed by atoms with Crippen LogP contribution < -0.4 is 5.73 Å². The number of nitrogens with zero attached hydrogens (tertiary/aromatic N) is 1. The van der Waals surface area contributed by atoms with E-state index in [1.165, 1.54) is 0 Å². The van der Waals surface area contributed by atoms with E-state index in [2.05, 4.69) is 24.8 Å². The smallest absolute Gasteiger partial charge is 0.0589 e. The van der Waals surface area contributed by atoms with E-state index in [0.29, 0.717) is 5.92 Å². The molecule has 1 aromatic carbocycles. The van der Waals surface area contributed by atoms with Crippen LogP contribution in [0.15, 0.2) is 24.3 Å². The zero-order chi connectivity index (χ0) is 14.7. The highest BCUT2D eigenvalue weighted by molar-refractivity contribution is 6.31. The van der Waals surface area contributed by atoms with Gasteiger partial charge in [0.15, 0.2) is 0 Å². The predicted molar refractivity (Wildman–Crippen MR) is 83.8 cm³/mol. The predicted octanol–water partition coefficient (Wildman–Crippen LogP) is 2.82. The van der Waals surface area contributed by atoms with Crippen LogP contribution in [0.25, 0.3) is 0 Å². The Morgan fingerprint density at radius 1 is 1.45 bits per heavy atom. The van der Waals surface area contributed by atoms with E-state index in [0.717, 1.165) is 30.0 Å². The Labute approximate surface area is 126 Å². The van der Waals surface area contributed by atoms with E-state index in [-0.39, 0.29) is 24.7 Å². The molecule has 0 radical (unpaired) electrons. The first-order valence-electron chi connectivity index (χ1n) is 7.46. The molecule has 3 nitrogen and oxygen atoms in total. The summed E-state index contributed by atoms with van der Waals surface area (Å²) in [6, 6.07) is 8.19. The standard InChI is InChI=1S/C16H25ClN2O/c1-3-14(18)16(12-6-4-5-7-13(12)17)19-9-8-11(2)15(19)10-20/h4-7,11,14-16,20H,3,8-10,18H2,1-2H3. The van der Waals surface area contributed by atoms with Gasteiger partial charge >= 0.3 is 0 Å². The number of aliphatic hydroxyl groups is 1. The van der Waals surface area contributed by atoms with Crippen molar-refractivity contribution in [3.63, 3.8) is 0 Å². The van der Waals surface area contributed by atoms with Crippen molar-refractivity contribution < 1.29 is 5.11 Å². The SMILES string of the molecule is CCC(N)C(c1ccccc1Cl)N1CCC(C)C1CO. The first-order valence-corrected chi connectivity index (χ1v) is 7.84. The summed E-state index contributed by atoms with van der Waals surface area (Å²) >= 11 is 6.38. The number of aliphatic hydroxyl groups excluding tert-OH is 1. The molecule has 112 valence electrons. The van der Waals surface area contributed by atoms with Gasteiger partial charge in [0.2, 0.25) is 0 Å². The van der Waals surface area contributed by atoms with Crippen molar-refractivity contribution in [1.29, 1.82) is 0 Å². The van der Waals surface area contributed by atoms with Gasteiger partial charge in [-0.1, -0.05) is 43.6 Å². The maximum absolute atomic E-state index is 9.71. The summed E-state index contributed by atoms with van der Waals surface area (Å²) in [5.41, 5.74) is 7.46. The highest BCUT2D eigenvalue weighted by atomic mass is 35.5. The lowest BCUT2D eigenvalue weighted by molar-refractivity contribution is 0.0894. The molecule has 4 atom stereocenters. The zero-order valence-electron chi connectivity index (χ0n) is 12.3. The molecule has 1 saturated heterocycles. The Balaban J connectivity index is 2.36. The number of rotatable bonds is 5. The normalized spacial score (nSPS) is 26.6. The van der Waals surface area contributed by atoms with Crippen LogP contribution in [0.5, 0.6) is 0 Å². The lowest BCUT2D eigenvalue weighted by Gasteiger charge is -2.37. The second-order valence-corrected chi connectivity index (χ2v) is 6.20. The average Bonchev–Trinajstić information content (AvgIpc) is 2.82. The van der Waals surface area contributed by atoms with Crippen molar-refractivity contribution in [2.24, 2.45) is 11.7 Å². The fraction of sp³-hybridized carbons (Fsp3) is 0.625. The molecular formula is C16H25ClN2O. The van der Waals surface area contributed by atoms with Crippen LogP contribution in [-0.4, -0.2) is 35.2 Å². The molecule has 4 unspecified atom stereocenters. The third kappa shape index (κ3) is 3.01. The molecule has 4 heteroatoms. The van der Waals surface area contributed by atoms with Gasteiger partial charge in [-0.15, -0.1) is 0 Å². The highest BCUT2D eigenvalue weighted by Crippen LogP contribution is 2.37. The molecule has 0 saturated carbocycles. The van der Waals surface area contributed by atoms with Gasteiger partial charge in [0.25, 0.3) is 0 Å². The quantitative estimate of drug-likeness (QED) is 0.878. The molecule has 0 aromatic heterocycles. The third-order valence-electron chi connectivity index (χ3n) is 4.57. The van der Waals surface area contributed by atoms with Gasteiger partial charge in [0.05, 0.1) is 12.6 Å². The van der Waals surface area contributed by atoms with E-state index in [1.54, 1.807) is 0 Å². The molecule has 0 bridgehead atoms. The number of nitrogens with two attached hydrogens (primary N) is 1. The van der Waals surface area contributed by atoms with Crippen LogP contribution in [0.4, 0.5) is 0 Å². The Morgan fingerprint density at radius 3 is 2.75 bits per heavy atom. The number of hydrogen-bond acceptors (Lipinski definition) is 3. The molecule has 0 aliphatic carbocycles. The molecule has 0 amide bonds. The number of halogens is 1. The Kier molecular flexibility index (Phi) is 5.44. The minimum absolute atomic E-state index is 0.0225. The topological polar surface area (TPSA) is 49.5 Å². The fourth-order valence-corrected chi connectivity index (χ4v) is 3.51. The molecule has 1 aliphatic rings. The second-order valence-electron chi connectivity index (χ2n) is 5.79. The molecule has 2 rings (SSSR count). The van der Waals surface area contributed by atoms with Crippen LogP contribution in [0.1, 0.15) is 38.3 Å². The number of hydrogen-bond donors (Lipinski definition) is 2. The largest absolute Gasteiger partial charge is 0.395 e. The van der Waals surface area contributed by atoms with Crippen molar-refractivity contribution in [2.75, 3.05) is 13.2 Å². The van der Waals surface area contributed by atoms with Crippen molar-refractivity contribution in [3.05, 3.63) is 34.9 Å². The summed E-state index contributed by atoms with van der Waals surface area (Å²) < 4.78 is 0. The number of likely N-dealkylation sites (tertiary alicyclic amines) is 1. The van der Waals surface area contributed by atoms with Crippen molar-refractivity contribution in [1.82, 2.24) is 4.90 Å². The summed E-state index contributed by atoms with van der Waals surface area (Å²) in [7, 11) is 0. The van der Waals surface area contributed by atoms with Gasteiger partial charge in [-0.05, 0) is 36.9 Å². The Morgan fingerprint density at radius 2 is 2.15 bits per heavy atom. The zero-order valence-corrected chi connectivity index (χ0v) is 13.1. The molecule has 1 aromatic rings. The lowest BCUT2D eigenvalue weighted by Crippen LogP contribution is -2.45. The molecule has 3 N–H and O–H groups in total. The summed E-state index contributed by atoms with van der Waals surface area (Å²) in [5.74, 6) is 0.494. The molecular weight excluding hydrogens is 272 g/mol. The molecule has 1 fully saturated rings. The minimum Gasteiger partial charge on any atom is -0.395 e. The lowest BCUT2D eigenvalue weighted by atomic mass is 9.94. The van der Waals surface area contributed by atoms with E-state index in [4.69, 9.17) is 17.3 Å². The number of benzene rings is 1. The van der Waals surface area contributed by atoms with Gasteiger partial charge in [0, 0.05) is 17.1 Å². The van der Waals surface area contributed by atoms with E-state index >= 15 is 0 Å². The van der Waals surface area contributed by atoms with Crippen LogP contribution >= 0.6 is 11.6 Å². The van der Waals surface area contributed by atoms with Crippen molar-refractivity contribution >= 4 is 11.6 Å². The van der Waals surface area contributed by atoms with E-state index in [1.807, 2.05) is 18.2 Å². The monoisotopic (exact) mass is 296 g/mol. The van der Waals surface area contributed by atoms with Crippen LogP contribution in [0.2, 0.25) is 5.02 Å². The van der Waals surface area contributed by atoms with E-state index in [9.17, 15) is 5.11 Å². The Hall–Kier alpha value is -0.610. The highest BCUT2D eigenvalue weighted by Gasteiger charge is 2.38. The van der Waals surface area contributed by atoms with Gasteiger partial charge in [0.1, 0.15) is 0 Å². The molecule has 20 heavy (non-hydrogen) atoms. The molecule has 1 heterocycles. The maximum atomic E-state index is 9.71. The first-order chi connectivity index (χ1) is 9.60. The maximum Gasteiger partial charge on any atom is 0.0589 e. The average molecular weight is 297 g/mol. The van der Waals surface area contributed by atoms with E-state index < -0.39 is 0 Å². The third-order valence-corrected chi connectivity index (χ3v) is 4.91. The molecule has 0 spiro atoms. The summed E-state index contributed by atoms with van der Waals surface area (Å²) in [5, 5.41) is 10.5. The van der Waals surface area contributed by atoms with Gasteiger partial charge in [-0.3, -0.25) is 4.90 Å². The Bertz CT molecular complexity index is 440. The summed E-state index contributed by atoms with van der Waals surface area (Å²) in [4.78, 5) is 2.35. The summed E-state index contributed by atoms with van der Waals surface area (Å²) in [6.45, 7) is 5.44. The fourth-order valence-electron chi connectivity index (χ4n) is 3.26. The van der Waals surface area contributed by atoms with Crippen LogP contribution in [-0.2, 0) is 0 Å². The first kappa shape index (κ1) is 15.8. The molecule has 1 aliphatic heterocycles.